The van der Waals surface area contributed by atoms with Crippen molar-refractivity contribution in [3.05, 3.63) is 66.1 Å². The zero-order valence-corrected chi connectivity index (χ0v) is 14.8. The van der Waals surface area contributed by atoms with Gasteiger partial charge in [-0.25, -0.2) is 9.37 Å². The van der Waals surface area contributed by atoms with Gasteiger partial charge in [-0.1, -0.05) is 24.3 Å². The molecule has 1 amide bonds. The molecule has 0 radical (unpaired) electrons. The molecule has 2 N–H and O–H groups in total. The van der Waals surface area contributed by atoms with Gasteiger partial charge in [0.15, 0.2) is 5.76 Å². The van der Waals surface area contributed by atoms with Crippen molar-refractivity contribution in [2.75, 3.05) is 19.6 Å². The van der Waals surface area contributed by atoms with E-state index in [0.717, 1.165) is 6.42 Å². The first kappa shape index (κ1) is 17.4. The number of aromatic nitrogens is 1. The third-order valence-corrected chi connectivity index (χ3v) is 4.94. The van der Waals surface area contributed by atoms with Gasteiger partial charge in [0.1, 0.15) is 5.82 Å². The summed E-state index contributed by atoms with van der Waals surface area (Å²) in [6.45, 7) is 1.94. The number of likely N-dealkylation sites (tertiary alicyclic amines) is 1. The van der Waals surface area contributed by atoms with Crippen molar-refractivity contribution in [1.29, 1.82) is 0 Å². The highest BCUT2D eigenvalue weighted by molar-refractivity contribution is 6.00. The van der Waals surface area contributed by atoms with Gasteiger partial charge in [-0.3, -0.25) is 4.79 Å². The van der Waals surface area contributed by atoms with E-state index < -0.39 is 0 Å². The van der Waals surface area contributed by atoms with Crippen LogP contribution in [0.4, 0.5) is 4.39 Å². The van der Waals surface area contributed by atoms with Crippen molar-refractivity contribution in [3.63, 3.8) is 0 Å². The molecule has 1 saturated heterocycles. The molecule has 3 aromatic rings. The van der Waals surface area contributed by atoms with E-state index in [2.05, 4.69) is 4.98 Å². The van der Waals surface area contributed by atoms with Crippen molar-refractivity contribution < 1.29 is 13.6 Å². The second-order valence-electron chi connectivity index (χ2n) is 6.70. The van der Waals surface area contributed by atoms with E-state index in [0.29, 0.717) is 53.9 Å². The summed E-state index contributed by atoms with van der Waals surface area (Å²) in [5, 5.41) is 0. The number of halogens is 1. The van der Waals surface area contributed by atoms with Gasteiger partial charge in [-0.2, -0.15) is 0 Å². The van der Waals surface area contributed by atoms with E-state index in [-0.39, 0.29) is 11.7 Å². The number of oxazole rings is 1. The minimum Gasteiger partial charge on any atom is -0.436 e. The van der Waals surface area contributed by atoms with Crippen molar-refractivity contribution >= 4 is 5.91 Å². The van der Waals surface area contributed by atoms with E-state index in [1.807, 2.05) is 17.0 Å². The number of amides is 1. The predicted octanol–water partition coefficient (Wildman–Crippen LogP) is 3.57. The van der Waals surface area contributed by atoms with Gasteiger partial charge < -0.3 is 15.1 Å². The molecule has 0 bridgehead atoms. The maximum atomic E-state index is 14.0. The second-order valence-corrected chi connectivity index (χ2v) is 6.70. The Kier molecular flexibility index (Phi) is 4.73. The fraction of sp³-hybridized carbons (Fsp3) is 0.238. The summed E-state index contributed by atoms with van der Waals surface area (Å²) in [6.07, 6.45) is 2.40. The van der Waals surface area contributed by atoms with Gasteiger partial charge in [0, 0.05) is 18.7 Å². The van der Waals surface area contributed by atoms with Crippen molar-refractivity contribution in [2.24, 2.45) is 11.7 Å². The van der Waals surface area contributed by atoms with Gasteiger partial charge in [0.05, 0.1) is 17.3 Å². The van der Waals surface area contributed by atoms with Crippen LogP contribution in [0.3, 0.4) is 0 Å². The van der Waals surface area contributed by atoms with E-state index in [1.165, 1.54) is 12.3 Å². The molecule has 2 heterocycles. The van der Waals surface area contributed by atoms with Crippen LogP contribution in [-0.2, 0) is 0 Å². The van der Waals surface area contributed by atoms with E-state index >= 15 is 0 Å². The third-order valence-electron chi connectivity index (χ3n) is 4.94. The number of nitrogens with two attached hydrogens (primary N) is 1. The normalized spacial score (nSPS) is 16.7. The molecule has 1 atom stereocenters. The Morgan fingerprint density at radius 3 is 2.67 bits per heavy atom. The highest BCUT2D eigenvalue weighted by Crippen LogP contribution is 2.30. The van der Waals surface area contributed by atoms with E-state index in [4.69, 9.17) is 10.2 Å². The molecule has 1 aromatic heterocycles. The largest absolute Gasteiger partial charge is 0.436 e. The van der Waals surface area contributed by atoms with E-state index in [1.54, 1.807) is 30.3 Å². The average molecular weight is 365 g/mol. The lowest BCUT2D eigenvalue weighted by Crippen LogP contribution is -2.30. The Bertz CT molecular complexity index is 969. The van der Waals surface area contributed by atoms with Crippen LogP contribution in [0.15, 0.2) is 59.1 Å². The Morgan fingerprint density at radius 1 is 1.19 bits per heavy atom. The van der Waals surface area contributed by atoms with Gasteiger partial charge in [0.25, 0.3) is 5.91 Å². The molecule has 1 fully saturated rings. The number of nitrogens with zero attached hydrogens (tertiary/aromatic N) is 2. The number of carbonyl (C=O) groups is 1. The van der Waals surface area contributed by atoms with Crippen LogP contribution in [0.1, 0.15) is 16.8 Å². The number of hydrogen-bond acceptors (Lipinski definition) is 4. The maximum Gasteiger partial charge on any atom is 0.254 e. The van der Waals surface area contributed by atoms with Crippen LogP contribution in [0.5, 0.6) is 0 Å². The first-order chi connectivity index (χ1) is 13.2. The molecular formula is C21H20FN3O2. The highest BCUT2D eigenvalue weighted by Gasteiger charge is 2.28. The summed E-state index contributed by atoms with van der Waals surface area (Å²) >= 11 is 0. The molecular weight excluding hydrogens is 345 g/mol. The first-order valence-corrected chi connectivity index (χ1v) is 8.97. The Labute approximate surface area is 156 Å². The maximum absolute atomic E-state index is 14.0. The molecule has 0 spiro atoms. The van der Waals surface area contributed by atoms with Crippen molar-refractivity contribution in [1.82, 2.24) is 9.88 Å². The summed E-state index contributed by atoms with van der Waals surface area (Å²) in [4.78, 5) is 19.1. The topological polar surface area (TPSA) is 72.4 Å². The molecule has 4 rings (SSSR count). The van der Waals surface area contributed by atoms with Crippen molar-refractivity contribution in [2.45, 2.75) is 6.42 Å². The van der Waals surface area contributed by atoms with E-state index in [9.17, 15) is 9.18 Å². The molecule has 6 heteroatoms. The molecule has 1 aliphatic rings. The molecule has 1 aliphatic heterocycles. The zero-order chi connectivity index (χ0) is 18.8. The lowest BCUT2D eigenvalue weighted by atomic mass is 10.1. The zero-order valence-electron chi connectivity index (χ0n) is 14.8. The molecule has 1 unspecified atom stereocenters. The number of benzene rings is 2. The van der Waals surface area contributed by atoms with Gasteiger partial charge in [-0.05, 0) is 43.1 Å². The minimum atomic E-state index is -0.380. The van der Waals surface area contributed by atoms with Crippen LogP contribution < -0.4 is 5.73 Å². The predicted molar refractivity (Wildman–Crippen MR) is 100 cm³/mol. The Hall–Kier alpha value is -2.99. The number of rotatable bonds is 4. The van der Waals surface area contributed by atoms with Gasteiger partial charge >= 0.3 is 0 Å². The fourth-order valence-electron chi connectivity index (χ4n) is 3.42. The summed E-state index contributed by atoms with van der Waals surface area (Å²) in [5.41, 5.74) is 7.19. The van der Waals surface area contributed by atoms with Crippen LogP contribution >= 0.6 is 0 Å². The Morgan fingerprint density at radius 2 is 1.93 bits per heavy atom. The van der Waals surface area contributed by atoms with Crippen LogP contribution in [0, 0.1) is 11.7 Å². The number of hydrogen-bond donors (Lipinski definition) is 1. The third kappa shape index (κ3) is 3.36. The average Bonchev–Trinajstić information content (AvgIpc) is 3.37. The molecule has 5 nitrogen and oxygen atoms in total. The second kappa shape index (κ2) is 7.32. The molecule has 27 heavy (non-hydrogen) atoms. The minimum absolute atomic E-state index is 0.0628. The van der Waals surface area contributed by atoms with Crippen LogP contribution in [-0.4, -0.2) is 35.4 Å². The Balaban J connectivity index is 1.66. The fourth-order valence-corrected chi connectivity index (χ4v) is 3.42. The summed E-state index contributed by atoms with van der Waals surface area (Å²) in [7, 11) is 0. The standard InChI is InChI=1S/C21H20FN3O2/c22-18-8-4-3-7-17(18)19-12-24-20(27-19)15-5-1-2-6-16(15)21(26)25-10-9-14(11-23)13-25/h1-8,12,14H,9-11,13,23H2. The summed E-state index contributed by atoms with van der Waals surface area (Å²) in [5.74, 6) is 0.527. The highest BCUT2D eigenvalue weighted by atomic mass is 19.1. The number of carbonyl (C=O) groups excluding carboxylic acids is 1. The summed E-state index contributed by atoms with van der Waals surface area (Å²) < 4.78 is 19.8. The smallest absolute Gasteiger partial charge is 0.254 e. The lowest BCUT2D eigenvalue weighted by molar-refractivity contribution is 0.0788. The molecule has 0 aliphatic carbocycles. The summed E-state index contributed by atoms with van der Waals surface area (Å²) in [6, 6.07) is 13.6. The molecule has 138 valence electrons. The molecule has 0 saturated carbocycles. The quantitative estimate of drug-likeness (QED) is 0.767. The van der Waals surface area contributed by atoms with Crippen LogP contribution in [0.2, 0.25) is 0 Å². The van der Waals surface area contributed by atoms with Crippen LogP contribution in [0.25, 0.3) is 22.8 Å². The monoisotopic (exact) mass is 365 g/mol. The van der Waals surface area contributed by atoms with Crippen molar-refractivity contribution in [3.8, 4) is 22.8 Å². The first-order valence-electron chi connectivity index (χ1n) is 8.97. The van der Waals surface area contributed by atoms with Gasteiger partial charge in [-0.15, -0.1) is 0 Å². The molecule has 2 aromatic carbocycles. The SMILES string of the molecule is NCC1CCN(C(=O)c2ccccc2-c2ncc(-c3ccccc3F)o2)C1. The lowest BCUT2D eigenvalue weighted by Gasteiger charge is -2.17. The van der Waals surface area contributed by atoms with Gasteiger partial charge in [0.2, 0.25) is 5.89 Å².